The van der Waals surface area contributed by atoms with Crippen LogP contribution in [-0.2, 0) is 4.74 Å². The third kappa shape index (κ3) is 2.90. The highest BCUT2D eigenvalue weighted by molar-refractivity contribution is 6.29. The van der Waals surface area contributed by atoms with Crippen molar-refractivity contribution in [2.24, 2.45) is 5.41 Å². The van der Waals surface area contributed by atoms with Crippen molar-refractivity contribution < 1.29 is 9.53 Å². The summed E-state index contributed by atoms with van der Waals surface area (Å²) in [5.74, 6) is -0.185. The number of halogens is 1. The Hall–Kier alpha value is -1.13. The molecule has 2 rings (SSSR count). The van der Waals surface area contributed by atoms with Gasteiger partial charge in [-0.2, -0.15) is 0 Å². The van der Waals surface area contributed by atoms with Crippen LogP contribution in [0.1, 0.15) is 37.7 Å². The SMILES string of the molecule is CCOC1CC(NC(=O)c2cccc(Cl)n2)C1(C)C. The average molecular weight is 283 g/mol. The Labute approximate surface area is 118 Å². The fraction of sp³-hybridized carbons (Fsp3) is 0.571. The molecule has 1 aromatic heterocycles. The molecule has 4 nitrogen and oxygen atoms in total. The van der Waals surface area contributed by atoms with Crippen molar-refractivity contribution in [2.45, 2.75) is 39.3 Å². The molecular formula is C14H19ClN2O2. The molecule has 1 fully saturated rings. The summed E-state index contributed by atoms with van der Waals surface area (Å²) in [6.45, 7) is 6.89. The highest BCUT2D eigenvalue weighted by Gasteiger charge is 2.49. The van der Waals surface area contributed by atoms with Crippen LogP contribution in [0.3, 0.4) is 0 Å². The van der Waals surface area contributed by atoms with Crippen LogP contribution in [0.25, 0.3) is 0 Å². The van der Waals surface area contributed by atoms with Gasteiger partial charge in [0.05, 0.1) is 6.10 Å². The number of rotatable bonds is 4. The Morgan fingerprint density at radius 3 is 2.89 bits per heavy atom. The summed E-state index contributed by atoms with van der Waals surface area (Å²) in [7, 11) is 0. The van der Waals surface area contributed by atoms with E-state index in [0.717, 1.165) is 6.42 Å². The molecule has 0 aliphatic heterocycles. The molecule has 0 spiro atoms. The van der Waals surface area contributed by atoms with Crippen LogP contribution < -0.4 is 5.32 Å². The van der Waals surface area contributed by atoms with Gasteiger partial charge in [0.1, 0.15) is 10.8 Å². The van der Waals surface area contributed by atoms with E-state index in [1.54, 1.807) is 18.2 Å². The van der Waals surface area contributed by atoms with Gasteiger partial charge in [-0.3, -0.25) is 4.79 Å². The maximum atomic E-state index is 12.1. The first-order chi connectivity index (χ1) is 8.95. The molecule has 2 unspecified atom stereocenters. The Morgan fingerprint density at radius 1 is 1.58 bits per heavy atom. The Kier molecular flexibility index (Phi) is 4.11. The number of nitrogens with zero attached hydrogens (tertiary/aromatic N) is 1. The lowest BCUT2D eigenvalue weighted by Crippen LogP contribution is -2.62. The van der Waals surface area contributed by atoms with E-state index in [9.17, 15) is 4.79 Å². The topological polar surface area (TPSA) is 51.2 Å². The number of nitrogens with one attached hydrogen (secondary N) is 1. The molecule has 0 saturated heterocycles. The molecule has 0 radical (unpaired) electrons. The van der Waals surface area contributed by atoms with E-state index in [-0.39, 0.29) is 23.5 Å². The molecule has 1 N–H and O–H groups in total. The zero-order valence-corrected chi connectivity index (χ0v) is 12.2. The van der Waals surface area contributed by atoms with E-state index in [1.807, 2.05) is 6.92 Å². The number of carbonyl (C=O) groups excluding carboxylic acids is 1. The third-order valence-electron chi connectivity index (χ3n) is 3.80. The van der Waals surface area contributed by atoms with Crippen LogP contribution in [0.4, 0.5) is 0 Å². The summed E-state index contributed by atoms with van der Waals surface area (Å²) in [6.07, 6.45) is 1.04. The summed E-state index contributed by atoms with van der Waals surface area (Å²) in [4.78, 5) is 16.1. The second kappa shape index (κ2) is 5.47. The molecule has 1 aliphatic rings. The van der Waals surface area contributed by atoms with Gasteiger partial charge >= 0.3 is 0 Å². The van der Waals surface area contributed by atoms with Crippen LogP contribution in [-0.4, -0.2) is 29.6 Å². The zero-order chi connectivity index (χ0) is 14.0. The average Bonchev–Trinajstić information content (AvgIpc) is 2.37. The molecule has 1 saturated carbocycles. The van der Waals surface area contributed by atoms with Crippen molar-refractivity contribution in [1.29, 1.82) is 0 Å². The maximum Gasteiger partial charge on any atom is 0.270 e. The number of hydrogen-bond acceptors (Lipinski definition) is 3. The highest BCUT2D eigenvalue weighted by atomic mass is 35.5. The summed E-state index contributed by atoms with van der Waals surface area (Å²) in [5.41, 5.74) is 0.299. The maximum absolute atomic E-state index is 12.1. The second-order valence-corrected chi connectivity index (χ2v) is 5.76. The molecule has 1 heterocycles. The first-order valence-electron chi connectivity index (χ1n) is 6.50. The Balaban J connectivity index is 1.98. The molecule has 2 atom stereocenters. The van der Waals surface area contributed by atoms with Crippen molar-refractivity contribution >= 4 is 17.5 Å². The van der Waals surface area contributed by atoms with E-state index < -0.39 is 0 Å². The standard InChI is InChI=1S/C14H19ClN2O2/c1-4-19-11-8-10(14(11,2)3)17-13(18)9-6-5-7-12(15)16-9/h5-7,10-11H,4,8H2,1-3H3,(H,17,18). The molecule has 1 amide bonds. The van der Waals surface area contributed by atoms with Crippen LogP contribution in [0.2, 0.25) is 5.15 Å². The van der Waals surface area contributed by atoms with Crippen LogP contribution in [0, 0.1) is 5.41 Å². The highest BCUT2D eigenvalue weighted by Crippen LogP contribution is 2.42. The molecule has 1 aromatic rings. The van der Waals surface area contributed by atoms with Gasteiger partial charge in [0.15, 0.2) is 0 Å². The molecule has 0 aromatic carbocycles. The van der Waals surface area contributed by atoms with Gasteiger partial charge < -0.3 is 10.1 Å². The second-order valence-electron chi connectivity index (χ2n) is 5.37. The number of amides is 1. The van der Waals surface area contributed by atoms with E-state index >= 15 is 0 Å². The largest absolute Gasteiger partial charge is 0.378 e. The summed E-state index contributed by atoms with van der Waals surface area (Å²) in [5, 5.41) is 3.33. The van der Waals surface area contributed by atoms with Gasteiger partial charge in [0.25, 0.3) is 5.91 Å². The smallest absolute Gasteiger partial charge is 0.270 e. The summed E-state index contributed by atoms with van der Waals surface area (Å²) < 4.78 is 5.64. The monoisotopic (exact) mass is 282 g/mol. The molecule has 19 heavy (non-hydrogen) atoms. The van der Waals surface area contributed by atoms with Crippen LogP contribution in [0.15, 0.2) is 18.2 Å². The lowest BCUT2D eigenvalue weighted by atomic mass is 9.64. The van der Waals surface area contributed by atoms with Gasteiger partial charge in [0, 0.05) is 18.1 Å². The lowest BCUT2D eigenvalue weighted by molar-refractivity contribution is -0.111. The molecular weight excluding hydrogens is 264 g/mol. The van der Waals surface area contributed by atoms with Gasteiger partial charge in [-0.1, -0.05) is 31.5 Å². The van der Waals surface area contributed by atoms with Crippen molar-refractivity contribution in [3.63, 3.8) is 0 Å². The fourth-order valence-corrected chi connectivity index (χ4v) is 2.55. The zero-order valence-electron chi connectivity index (χ0n) is 11.4. The van der Waals surface area contributed by atoms with E-state index in [2.05, 4.69) is 24.1 Å². The number of aromatic nitrogens is 1. The Bertz CT molecular complexity index is 476. The third-order valence-corrected chi connectivity index (χ3v) is 4.01. The number of pyridine rings is 1. The summed E-state index contributed by atoms with van der Waals surface area (Å²) >= 11 is 5.78. The predicted octanol–water partition coefficient (Wildman–Crippen LogP) is 2.67. The van der Waals surface area contributed by atoms with E-state index in [1.165, 1.54) is 0 Å². The van der Waals surface area contributed by atoms with Gasteiger partial charge in [-0.25, -0.2) is 4.98 Å². The van der Waals surface area contributed by atoms with Crippen molar-refractivity contribution in [2.75, 3.05) is 6.61 Å². The fourth-order valence-electron chi connectivity index (χ4n) is 2.38. The number of carbonyl (C=O) groups is 1. The van der Waals surface area contributed by atoms with Gasteiger partial charge in [-0.15, -0.1) is 0 Å². The number of hydrogen-bond donors (Lipinski definition) is 1. The minimum absolute atomic E-state index is 0.0513. The van der Waals surface area contributed by atoms with Crippen LogP contribution >= 0.6 is 11.6 Å². The molecule has 5 heteroatoms. The van der Waals surface area contributed by atoms with Crippen molar-refractivity contribution in [3.05, 3.63) is 29.0 Å². The van der Waals surface area contributed by atoms with E-state index in [4.69, 9.17) is 16.3 Å². The normalized spacial score (nSPS) is 24.6. The van der Waals surface area contributed by atoms with Crippen molar-refractivity contribution in [3.8, 4) is 0 Å². The summed E-state index contributed by atoms with van der Waals surface area (Å²) in [6, 6.07) is 5.14. The molecule has 104 valence electrons. The van der Waals surface area contributed by atoms with Crippen LogP contribution in [0.5, 0.6) is 0 Å². The Morgan fingerprint density at radius 2 is 2.32 bits per heavy atom. The lowest BCUT2D eigenvalue weighted by Gasteiger charge is -2.51. The van der Waals surface area contributed by atoms with Gasteiger partial charge in [0.2, 0.25) is 0 Å². The molecule has 1 aliphatic carbocycles. The molecule has 0 bridgehead atoms. The minimum atomic E-state index is -0.185. The minimum Gasteiger partial charge on any atom is -0.378 e. The van der Waals surface area contributed by atoms with Gasteiger partial charge in [-0.05, 0) is 25.5 Å². The quantitative estimate of drug-likeness (QED) is 0.864. The van der Waals surface area contributed by atoms with E-state index in [0.29, 0.717) is 17.5 Å². The first kappa shape index (κ1) is 14.3. The first-order valence-corrected chi connectivity index (χ1v) is 6.88. The van der Waals surface area contributed by atoms with Crippen molar-refractivity contribution in [1.82, 2.24) is 10.3 Å². The predicted molar refractivity (Wildman–Crippen MR) is 74.3 cm³/mol. The number of ether oxygens (including phenoxy) is 1.